The van der Waals surface area contributed by atoms with E-state index in [-0.39, 0.29) is 10.8 Å². The zero-order valence-electron chi connectivity index (χ0n) is 13.5. The van der Waals surface area contributed by atoms with Crippen LogP contribution in [0.5, 0.6) is 0 Å². The van der Waals surface area contributed by atoms with Gasteiger partial charge >= 0.3 is 0 Å². The van der Waals surface area contributed by atoms with E-state index in [0.29, 0.717) is 10.4 Å². The van der Waals surface area contributed by atoms with Gasteiger partial charge in [0.1, 0.15) is 0 Å². The Hall–Kier alpha value is -2.25. The van der Waals surface area contributed by atoms with Gasteiger partial charge in [-0.25, -0.2) is 8.42 Å². The molecule has 0 unspecified atom stereocenters. The number of nitrogens with zero attached hydrogens (tertiary/aromatic N) is 2. The third-order valence-corrected chi connectivity index (χ3v) is 5.91. The van der Waals surface area contributed by atoms with Crippen LogP contribution in [-0.2, 0) is 16.9 Å². The Balaban J connectivity index is 2.11. The number of fused-ring (bicyclic) bond motifs is 1. The van der Waals surface area contributed by atoms with Crippen LogP contribution in [-0.4, -0.2) is 25.1 Å². The number of aromatic nitrogens is 1. The summed E-state index contributed by atoms with van der Waals surface area (Å²) in [5, 5.41) is 0. The fourth-order valence-corrected chi connectivity index (χ4v) is 4.08. The van der Waals surface area contributed by atoms with Crippen LogP contribution in [0, 0.1) is 6.92 Å². The molecule has 24 heavy (non-hydrogen) atoms. The van der Waals surface area contributed by atoms with Gasteiger partial charge in [-0.2, -0.15) is 4.99 Å². The maximum absolute atomic E-state index is 12.3. The van der Waals surface area contributed by atoms with Crippen LogP contribution in [0.3, 0.4) is 0 Å². The van der Waals surface area contributed by atoms with E-state index in [9.17, 15) is 13.2 Å². The molecule has 0 spiro atoms. The van der Waals surface area contributed by atoms with Gasteiger partial charge in [0.2, 0.25) is 0 Å². The normalized spacial score (nSPS) is 12.7. The van der Waals surface area contributed by atoms with Crippen molar-refractivity contribution < 1.29 is 13.2 Å². The number of carbonyl (C=O) groups excluding carboxylic acids is 1. The van der Waals surface area contributed by atoms with Crippen LogP contribution in [0.1, 0.15) is 15.9 Å². The number of thiazole rings is 1. The second-order valence-corrected chi connectivity index (χ2v) is 8.65. The van der Waals surface area contributed by atoms with Gasteiger partial charge in [-0.05, 0) is 37.3 Å². The molecule has 0 saturated carbocycles. The van der Waals surface area contributed by atoms with Gasteiger partial charge in [0, 0.05) is 18.9 Å². The molecule has 0 aliphatic heterocycles. The first-order valence-corrected chi connectivity index (χ1v) is 9.92. The summed E-state index contributed by atoms with van der Waals surface area (Å²) in [4.78, 5) is 17.3. The van der Waals surface area contributed by atoms with E-state index >= 15 is 0 Å². The second-order valence-electron chi connectivity index (χ2n) is 5.63. The molecule has 2 aromatic carbocycles. The molecule has 0 atom stereocenters. The fraction of sp³-hybridized carbons (Fsp3) is 0.176. The van der Waals surface area contributed by atoms with Crippen LogP contribution < -0.4 is 4.80 Å². The molecule has 5 nitrogen and oxygen atoms in total. The lowest BCUT2D eigenvalue weighted by atomic mass is 10.1. The highest BCUT2D eigenvalue weighted by Gasteiger charge is 2.11. The Morgan fingerprint density at radius 1 is 1.12 bits per heavy atom. The summed E-state index contributed by atoms with van der Waals surface area (Å²) in [5.74, 6) is -0.319. The molecule has 3 rings (SSSR count). The van der Waals surface area contributed by atoms with Crippen LogP contribution in [0.15, 0.2) is 52.4 Å². The molecule has 0 N–H and O–H groups in total. The average Bonchev–Trinajstić information content (AvgIpc) is 2.83. The maximum Gasteiger partial charge on any atom is 0.279 e. The largest absolute Gasteiger partial charge is 0.319 e. The molecule has 7 heteroatoms. The number of carbonyl (C=O) groups is 1. The van der Waals surface area contributed by atoms with Crippen molar-refractivity contribution in [2.24, 2.45) is 12.0 Å². The highest BCUT2D eigenvalue weighted by Crippen LogP contribution is 2.21. The predicted molar refractivity (Wildman–Crippen MR) is 95.0 cm³/mol. The first-order chi connectivity index (χ1) is 11.3. The summed E-state index contributed by atoms with van der Waals surface area (Å²) in [5.41, 5.74) is 2.44. The van der Waals surface area contributed by atoms with E-state index in [4.69, 9.17) is 0 Å². The molecule has 0 saturated heterocycles. The van der Waals surface area contributed by atoms with Crippen molar-refractivity contribution in [1.29, 1.82) is 0 Å². The number of amides is 1. The summed E-state index contributed by atoms with van der Waals surface area (Å²) >= 11 is 1.29. The van der Waals surface area contributed by atoms with E-state index in [2.05, 4.69) is 4.99 Å². The van der Waals surface area contributed by atoms with Crippen LogP contribution in [0.2, 0.25) is 0 Å². The van der Waals surface area contributed by atoms with Crippen LogP contribution >= 0.6 is 11.3 Å². The van der Waals surface area contributed by atoms with Crippen molar-refractivity contribution in [1.82, 2.24) is 4.57 Å². The SMILES string of the molecule is Cc1ccc(C(=O)N=c2sc3cc(S(C)(=O)=O)ccc3n2C)cc1. The second kappa shape index (κ2) is 5.99. The lowest BCUT2D eigenvalue weighted by Gasteiger charge is -1.99. The minimum Gasteiger partial charge on any atom is -0.319 e. The lowest BCUT2D eigenvalue weighted by Crippen LogP contribution is -2.13. The standard InChI is InChI=1S/C17H16N2O3S2/c1-11-4-6-12(7-5-11)16(20)18-17-19(2)14-9-8-13(24(3,21)22)10-15(14)23-17/h4-10H,1-3H3. The molecule has 0 radical (unpaired) electrons. The minimum atomic E-state index is -3.27. The first-order valence-electron chi connectivity index (χ1n) is 7.21. The van der Waals surface area contributed by atoms with E-state index in [1.807, 2.05) is 19.1 Å². The van der Waals surface area contributed by atoms with Gasteiger partial charge in [0.15, 0.2) is 14.6 Å². The third kappa shape index (κ3) is 3.18. The molecular formula is C17H16N2O3S2. The quantitative estimate of drug-likeness (QED) is 0.706. The topological polar surface area (TPSA) is 68.5 Å². The van der Waals surface area contributed by atoms with Gasteiger partial charge in [0.25, 0.3) is 5.91 Å². The fourth-order valence-electron chi connectivity index (χ4n) is 2.30. The third-order valence-electron chi connectivity index (χ3n) is 3.70. The average molecular weight is 360 g/mol. The van der Waals surface area contributed by atoms with Gasteiger partial charge in [0.05, 0.1) is 15.1 Å². The molecule has 1 amide bonds. The van der Waals surface area contributed by atoms with E-state index in [1.54, 1.807) is 41.9 Å². The number of sulfone groups is 1. The van der Waals surface area contributed by atoms with Gasteiger partial charge < -0.3 is 4.57 Å². The predicted octanol–water partition coefficient (Wildman–Crippen LogP) is 2.69. The summed E-state index contributed by atoms with van der Waals surface area (Å²) < 4.78 is 25.9. The molecular weight excluding hydrogens is 344 g/mol. The van der Waals surface area contributed by atoms with Crippen molar-refractivity contribution in [3.8, 4) is 0 Å². The van der Waals surface area contributed by atoms with Crippen molar-refractivity contribution in [3.63, 3.8) is 0 Å². The Morgan fingerprint density at radius 3 is 2.42 bits per heavy atom. The molecule has 3 aromatic rings. The number of benzene rings is 2. The van der Waals surface area contributed by atoms with Crippen LogP contribution in [0.4, 0.5) is 0 Å². The molecule has 0 aliphatic carbocycles. The summed E-state index contributed by atoms with van der Waals surface area (Å²) in [6.07, 6.45) is 1.17. The highest BCUT2D eigenvalue weighted by atomic mass is 32.2. The first kappa shape index (κ1) is 16.6. The van der Waals surface area contributed by atoms with Crippen molar-refractivity contribution in [2.45, 2.75) is 11.8 Å². The van der Waals surface area contributed by atoms with E-state index < -0.39 is 9.84 Å². The van der Waals surface area contributed by atoms with Crippen molar-refractivity contribution in [2.75, 3.05) is 6.26 Å². The molecule has 124 valence electrons. The summed E-state index contributed by atoms with van der Waals surface area (Å²) in [6, 6.07) is 12.1. The van der Waals surface area contributed by atoms with Gasteiger partial charge in [-0.3, -0.25) is 4.79 Å². The number of hydrogen-bond acceptors (Lipinski definition) is 4. The van der Waals surface area contributed by atoms with Gasteiger partial charge in [-0.1, -0.05) is 29.0 Å². The van der Waals surface area contributed by atoms with E-state index in [0.717, 1.165) is 15.8 Å². The Labute approximate surface area is 143 Å². The summed E-state index contributed by atoms with van der Waals surface area (Å²) in [7, 11) is -1.46. The van der Waals surface area contributed by atoms with Crippen LogP contribution in [0.25, 0.3) is 10.2 Å². The number of hydrogen-bond donors (Lipinski definition) is 0. The van der Waals surface area contributed by atoms with Crippen molar-refractivity contribution in [3.05, 3.63) is 58.4 Å². The molecule has 1 aromatic heterocycles. The number of aryl methyl sites for hydroxylation is 2. The molecule has 0 fully saturated rings. The molecule has 0 aliphatic rings. The van der Waals surface area contributed by atoms with E-state index in [1.165, 1.54) is 17.6 Å². The Kier molecular flexibility index (Phi) is 4.15. The zero-order chi connectivity index (χ0) is 17.5. The molecule has 1 heterocycles. The summed E-state index contributed by atoms with van der Waals surface area (Å²) in [6.45, 7) is 1.96. The number of rotatable bonds is 2. The van der Waals surface area contributed by atoms with Gasteiger partial charge in [-0.15, -0.1) is 0 Å². The monoisotopic (exact) mass is 360 g/mol. The Morgan fingerprint density at radius 2 is 1.79 bits per heavy atom. The maximum atomic E-state index is 12.3. The minimum absolute atomic E-state index is 0.258. The highest BCUT2D eigenvalue weighted by molar-refractivity contribution is 7.90. The van der Waals surface area contributed by atoms with Crippen molar-refractivity contribution >= 4 is 37.3 Å². The zero-order valence-corrected chi connectivity index (χ0v) is 15.1. The lowest BCUT2D eigenvalue weighted by molar-refractivity contribution is 0.0998. The smallest absolute Gasteiger partial charge is 0.279 e. The Bertz CT molecular complexity index is 1100. The molecule has 0 bridgehead atoms.